The first kappa shape index (κ1) is 16.1. The fraction of sp³-hybridized carbons (Fsp3) is 0.353. The number of hydrogen-bond donors (Lipinski definition) is 1. The largest absolute Gasteiger partial charge is 0.318 e. The highest BCUT2D eigenvalue weighted by atomic mass is 127. The van der Waals surface area contributed by atoms with Gasteiger partial charge in [-0.1, -0.05) is 0 Å². The minimum Gasteiger partial charge on any atom is -0.318 e. The first-order chi connectivity index (χ1) is 9.78. The van der Waals surface area contributed by atoms with Crippen molar-refractivity contribution in [1.82, 2.24) is 9.99 Å². The number of hydrogen-bond acceptors (Lipinski definition) is 2. The number of aryl methyl sites for hydroxylation is 1. The summed E-state index contributed by atoms with van der Waals surface area (Å²) < 4.78 is 3.50. The summed E-state index contributed by atoms with van der Waals surface area (Å²) in [5, 5.41) is 4.35. The monoisotopic (exact) mass is 395 g/mol. The number of nitrogens with one attached hydrogen (secondary N) is 1. The van der Waals surface area contributed by atoms with E-state index in [0.29, 0.717) is 0 Å². The minimum atomic E-state index is -0.0157. The zero-order valence-corrected chi connectivity index (χ0v) is 15.4. The summed E-state index contributed by atoms with van der Waals surface area (Å²) in [6.45, 7) is 10.5. The highest BCUT2D eigenvalue weighted by molar-refractivity contribution is 14.1. The molecule has 2 rings (SSSR count). The van der Waals surface area contributed by atoms with Crippen molar-refractivity contribution in [1.29, 1.82) is 0 Å². The predicted molar refractivity (Wildman–Crippen MR) is 98.4 cm³/mol. The molecule has 21 heavy (non-hydrogen) atoms. The van der Waals surface area contributed by atoms with Gasteiger partial charge in [0.15, 0.2) is 0 Å². The van der Waals surface area contributed by atoms with Crippen LogP contribution in [0, 0.1) is 17.4 Å². The van der Waals surface area contributed by atoms with Crippen LogP contribution >= 0.6 is 22.6 Å². The van der Waals surface area contributed by atoms with Gasteiger partial charge >= 0.3 is 0 Å². The van der Waals surface area contributed by atoms with Crippen molar-refractivity contribution >= 4 is 28.8 Å². The van der Waals surface area contributed by atoms with Crippen LogP contribution in [0.5, 0.6) is 0 Å². The topological polar surface area (TPSA) is 29.3 Å². The van der Waals surface area contributed by atoms with E-state index in [4.69, 9.17) is 0 Å². The Morgan fingerprint density at radius 2 is 1.76 bits per heavy atom. The molecular weight excluding hydrogens is 373 g/mol. The van der Waals surface area contributed by atoms with Crippen LogP contribution in [0.3, 0.4) is 0 Å². The zero-order valence-electron chi connectivity index (χ0n) is 13.2. The van der Waals surface area contributed by atoms with Gasteiger partial charge in [0.25, 0.3) is 0 Å². The molecule has 1 N–H and O–H groups in total. The maximum absolute atomic E-state index is 4.35. The second-order valence-corrected chi connectivity index (χ2v) is 7.50. The van der Waals surface area contributed by atoms with Crippen molar-refractivity contribution in [3.63, 3.8) is 0 Å². The molecule has 0 aliphatic carbocycles. The molecule has 0 amide bonds. The normalized spacial score (nSPS) is 12.1. The van der Waals surface area contributed by atoms with Gasteiger partial charge < -0.3 is 9.99 Å². The van der Waals surface area contributed by atoms with Gasteiger partial charge in [-0.3, -0.25) is 0 Å². The average Bonchev–Trinajstić information content (AvgIpc) is 2.65. The van der Waals surface area contributed by atoms with E-state index in [9.17, 15) is 0 Å². The molecule has 112 valence electrons. The van der Waals surface area contributed by atoms with E-state index < -0.39 is 0 Å². The molecule has 3 nitrogen and oxygen atoms in total. The number of halogens is 1. The van der Waals surface area contributed by atoms with Crippen molar-refractivity contribution < 1.29 is 0 Å². The van der Waals surface area contributed by atoms with Crippen molar-refractivity contribution in [2.75, 3.05) is 0 Å². The second-order valence-electron chi connectivity index (χ2n) is 6.26. The molecule has 1 aromatic heterocycles. The van der Waals surface area contributed by atoms with Crippen molar-refractivity contribution in [3.8, 4) is 5.69 Å². The number of hydrazone groups is 1. The van der Waals surface area contributed by atoms with Gasteiger partial charge in [-0.15, -0.1) is 0 Å². The maximum Gasteiger partial charge on any atom is 0.0558 e. The molecule has 0 fully saturated rings. The van der Waals surface area contributed by atoms with E-state index in [1.807, 2.05) is 6.21 Å². The molecule has 0 saturated carbocycles. The first-order valence-corrected chi connectivity index (χ1v) is 8.11. The molecule has 0 radical (unpaired) electrons. The number of rotatable bonds is 3. The number of benzene rings is 1. The molecule has 0 atom stereocenters. The van der Waals surface area contributed by atoms with Crippen molar-refractivity contribution in [2.24, 2.45) is 5.10 Å². The molecular formula is C17H22IN3. The molecule has 2 aromatic rings. The van der Waals surface area contributed by atoms with E-state index in [0.717, 1.165) is 5.56 Å². The first-order valence-electron chi connectivity index (χ1n) is 7.03. The fourth-order valence-electron chi connectivity index (χ4n) is 2.20. The smallest absolute Gasteiger partial charge is 0.0558 e. The average molecular weight is 395 g/mol. The summed E-state index contributed by atoms with van der Waals surface area (Å²) in [5.41, 5.74) is 7.86. The molecule has 0 saturated heterocycles. The van der Waals surface area contributed by atoms with Crippen LogP contribution in [0.1, 0.15) is 37.7 Å². The Labute approximate surface area is 140 Å². The highest BCUT2D eigenvalue weighted by Gasteiger charge is 2.10. The highest BCUT2D eigenvalue weighted by Crippen LogP contribution is 2.20. The third kappa shape index (κ3) is 4.09. The van der Waals surface area contributed by atoms with E-state index in [2.05, 4.69) is 103 Å². The lowest BCUT2D eigenvalue weighted by Crippen LogP contribution is -2.31. The molecule has 0 bridgehead atoms. The SMILES string of the molecule is Cc1cc(C=NNC(C)(C)C)c(C)n1-c1ccc(I)cc1. The van der Waals surface area contributed by atoms with Crippen LogP contribution in [0.15, 0.2) is 35.4 Å². The third-order valence-corrected chi connectivity index (χ3v) is 3.88. The summed E-state index contributed by atoms with van der Waals surface area (Å²) in [4.78, 5) is 0. The fourth-order valence-corrected chi connectivity index (χ4v) is 2.56. The van der Waals surface area contributed by atoms with E-state index in [-0.39, 0.29) is 5.54 Å². The third-order valence-electron chi connectivity index (χ3n) is 3.16. The lowest BCUT2D eigenvalue weighted by Gasteiger charge is -2.17. The van der Waals surface area contributed by atoms with Gasteiger partial charge in [-0.25, -0.2) is 0 Å². The molecule has 0 aliphatic rings. The summed E-state index contributed by atoms with van der Waals surface area (Å²) in [5.74, 6) is 0. The molecule has 0 aliphatic heterocycles. The molecule has 1 heterocycles. The van der Waals surface area contributed by atoms with Crippen LogP contribution in [0.2, 0.25) is 0 Å². The van der Waals surface area contributed by atoms with Gasteiger partial charge in [0.05, 0.1) is 6.21 Å². The van der Waals surface area contributed by atoms with Gasteiger partial charge in [0.2, 0.25) is 0 Å². The maximum atomic E-state index is 4.35. The van der Waals surface area contributed by atoms with Gasteiger partial charge in [-0.05, 0) is 87.5 Å². The van der Waals surface area contributed by atoms with Crippen LogP contribution < -0.4 is 5.43 Å². The Kier molecular flexibility index (Phi) is 4.76. The van der Waals surface area contributed by atoms with Crippen LogP contribution in [-0.2, 0) is 0 Å². The van der Waals surface area contributed by atoms with Crippen LogP contribution in [0.25, 0.3) is 5.69 Å². The quantitative estimate of drug-likeness (QED) is 0.465. The summed E-state index contributed by atoms with van der Waals surface area (Å²) in [7, 11) is 0. The lowest BCUT2D eigenvalue weighted by atomic mass is 10.1. The Morgan fingerprint density at radius 3 is 2.33 bits per heavy atom. The van der Waals surface area contributed by atoms with Gasteiger partial charge in [0.1, 0.15) is 0 Å². The molecule has 4 heteroatoms. The van der Waals surface area contributed by atoms with Crippen molar-refractivity contribution in [2.45, 2.75) is 40.2 Å². The summed E-state index contributed by atoms with van der Waals surface area (Å²) in [6.07, 6.45) is 1.90. The van der Waals surface area contributed by atoms with Crippen LogP contribution in [-0.4, -0.2) is 16.3 Å². The second kappa shape index (κ2) is 6.22. The molecule has 1 aromatic carbocycles. The van der Waals surface area contributed by atoms with Crippen molar-refractivity contribution in [3.05, 3.63) is 50.9 Å². The lowest BCUT2D eigenvalue weighted by molar-refractivity contribution is 0.442. The Balaban J connectivity index is 2.32. The Morgan fingerprint density at radius 1 is 1.14 bits per heavy atom. The van der Waals surface area contributed by atoms with E-state index in [1.54, 1.807) is 0 Å². The standard InChI is InChI=1S/C17H22IN3/c1-12-10-14(11-19-20-17(3,4)5)13(2)21(12)16-8-6-15(18)7-9-16/h6-11,20H,1-5H3. The number of aromatic nitrogens is 1. The van der Waals surface area contributed by atoms with E-state index >= 15 is 0 Å². The van der Waals surface area contributed by atoms with E-state index in [1.165, 1.54) is 20.6 Å². The Bertz CT molecular complexity index is 646. The predicted octanol–water partition coefficient (Wildman–Crippen LogP) is 4.42. The summed E-state index contributed by atoms with van der Waals surface area (Å²) >= 11 is 2.33. The Hall–Kier alpha value is -1.30. The minimum absolute atomic E-state index is 0.0157. The number of nitrogens with zero attached hydrogens (tertiary/aromatic N) is 2. The van der Waals surface area contributed by atoms with Gasteiger partial charge in [-0.2, -0.15) is 5.10 Å². The van der Waals surface area contributed by atoms with Crippen LogP contribution in [0.4, 0.5) is 0 Å². The summed E-state index contributed by atoms with van der Waals surface area (Å²) in [6, 6.07) is 10.7. The molecule has 0 unspecified atom stereocenters. The molecule has 0 spiro atoms. The van der Waals surface area contributed by atoms with Gasteiger partial charge in [0, 0.05) is 31.7 Å². The zero-order chi connectivity index (χ0) is 15.6.